The van der Waals surface area contributed by atoms with Gasteiger partial charge in [0.2, 0.25) is 0 Å². The summed E-state index contributed by atoms with van der Waals surface area (Å²) >= 11 is 0. The summed E-state index contributed by atoms with van der Waals surface area (Å²) in [6.07, 6.45) is 7.34. The van der Waals surface area contributed by atoms with E-state index in [1.807, 2.05) is 19.9 Å². The smallest absolute Gasteiger partial charge is 0.150 e. The largest absolute Gasteiger partial charge is 0.497 e. The average molecular weight is 248 g/mol. The third kappa shape index (κ3) is 3.86. The molecule has 18 heavy (non-hydrogen) atoms. The lowest BCUT2D eigenvalue weighted by molar-refractivity contribution is 0.112. The fraction of sp³-hybridized carbons (Fsp3) is 0.562. The highest BCUT2D eigenvalue weighted by Gasteiger charge is 2.16. The van der Waals surface area contributed by atoms with Crippen molar-refractivity contribution >= 4 is 6.29 Å². The van der Waals surface area contributed by atoms with E-state index in [9.17, 15) is 4.79 Å². The molecule has 2 nitrogen and oxygen atoms in total. The Balaban J connectivity index is 0.000000771. The van der Waals surface area contributed by atoms with E-state index >= 15 is 0 Å². The van der Waals surface area contributed by atoms with Gasteiger partial charge in [-0.3, -0.25) is 4.79 Å². The number of carbonyl (C=O) groups excluding carboxylic acids is 1. The molecule has 0 spiro atoms. The van der Waals surface area contributed by atoms with Crippen molar-refractivity contribution < 1.29 is 9.53 Å². The maximum Gasteiger partial charge on any atom is 0.150 e. The van der Waals surface area contributed by atoms with Crippen LogP contribution in [0.2, 0.25) is 0 Å². The first-order chi connectivity index (χ1) is 8.83. The van der Waals surface area contributed by atoms with Crippen molar-refractivity contribution in [3.05, 3.63) is 29.3 Å². The standard InChI is InChI=1S/C14H18O2.C2H6/c1-16-14-8-11(10-15)7-13(9-14)12-5-3-2-4-6-12;1-2/h7-10,12H,2-6H2,1H3;1-2H3. The van der Waals surface area contributed by atoms with Crippen molar-refractivity contribution in [3.63, 3.8) is 0 Å². The molecule has 1 saturated carbocycles. The van der Waals surface area contributed by atoms with Crippen LogP contribution in [0.5, 0.6) is 5.75 Å². The quantitative estimate of drug-likeness (QED) is 0.732. The first kappa shape index (κ1) is 14.7. The summed E-state index contributed by atoms with van der Waals surface area (Å²) in [4.78, 5) is 10.9. The SMILES string of the molecule is CC.COc1cc(C=O)cc(C2CCCCC2)c1. The molecule has 1 aromatic carbocycles. The predicted octanol–water partition coefficient (Wildman–Crippen LogP) is 4.58. The molecule has 2 rings (SSSR count). The second-order valence-corrected chi connectivity index (χ2v) is 4.49. The molecular weight excluding hydrogens is 224 g/mol. The molecule has 1 aromatic rings. The Kier molecular flexibility index (Phi) is 6.48. The second-order valence-electron chi connectivity index (χ2n) is 4.49. The molecule has 1 aliphatic carbocycles. The normalized spacial score (nSPS) is 15.5. The predicted molar refractivity (Wildman–Crippen MR) is 75.6 cm³/mol. The maximum absolute atomic E-state index is 10.9. The topological polar surface area (TPSA) is 26.3 Å². The first-order valence-corrected chi connectivity index (χ1v) is 6.97. The van der Waals surface area contributed by atoms with Gasteiger partial charge in [-0.2, -0.15) is 0 Å². The minimum Gasteiger partial charge on any atom is -0.497 e. The molecular formula is C16H24O2. The highest BCUT2D eigenvalue weighted by molar-refractivity contribution is 5.76. The van der Waals surface area contributed by atoms with Gasteiger partial charge in [0.15, 0.2) is 0 Å². The minimum atomic E-state index is 0.613. The third-order valence-electron chi connectivity index (χ3n) is 3.40. The van der Waals surface area contributed by atoms with Gasteiger partial charge >= 0.3 is 0 Å². The van der Waals surface area contributed by atoms with Crippen LogP contribution in [-0.2, 0) is 0 Å². The van der Waals surface area contributed by atoms with E-state index in [2.05, 4.69) is 6.07 Å². The van der Waals surface area contributed by atoms with Crippen LogP contribution in [0.25, 0.3) is 0 Å². The fourth-order valence-electron chi connectivity index (χ4n) is 2.50. The third-order valence-corrected chi connectivity index (χ3v) is 3.40. The van der Waals surface area contributed by atoms with Gasteiger partial charge < -0.3 is 4.74 Å². The van der Waals surface area contributed by atoms with Gasteiger partial charge in [0.1, 0.15) is 12.0 Å². The first-order valence-electron chi connectivity index (χ1n) is 6.97. The Morgan fingerprint density at radius 1 is 1.11 bits per heavy atom. The zero-order chi connectivity index (χ0) is 13.4. The summed E-state index contributed by atoms with van der Waals surface area (Å²) in [6, 6.07) is 5.87. The van der Waals surface area contributed by atoms with Crippen LogP contribution in [0.15, 0.2) is 18.2 Å². The van der Waals surface area contributed by atoms with Crippen LogP contribution in [0, 0.1) is 0 Å². The Morgan fingerprint density at radius 3 is 2.33 bits per heavy atom. The van der Waals surface area contributed by atoms with E-state index in [-0.39, 0.29) is 0 Å². The summed E-state index contributed by atoms with van der Waals surface area (Å²) in [7, 11) is 1.65. The Hall–Kier alpha value is -1.31. The Labute approximate surface area is 110 Å². The van der Waals surface area contributed by atoms with E-state index in [1.165, 1.54) is 37.7 Å². The van der Waals surface area contributed by atoms with Gasteiger partial charge in [-0.1, -0.05) is 33.1 Å². The van der Waals surface area contributed by atoms with E-state index in [1.54, 1.807) is 13.2 Å². The van der Waals surface area contributed by atoms with Gasteiger partial charge in [-0.15, -0.1) is 0 Å². The molecule has 0 saturated heterocycles. The van der Waals surface area contributed by atoms with Crippen LogP contribution in [-0.4, -0.2) is 13.4 Å². The van der Waals surface area contributed by atoms with E-state index in [4.69, 9.17) is 4.74 Å². The minimum absolute atomic E-state index is 0.613. The average Bonchev–Trinajstić information content (AvgIpc) is 2.49. The van der Waals surface area contributed by atoms with Crippen molar-refractivity contribution in [2.24, 2.45) is 0 Å². The summed E-state index contributed by atoms with van der Waals surface area (Å²) in [5.41, 5.74) is 1.99. The summed E-state index contributed by atoms with van der Waals surface area (Å²) < 4.78 is 5.23. The zero-order valence-electron chi connectivity index (χ0n) is 11.7. The van der Waals surface area contributed by atoms with Crippen LogP contribution in [0.3, 0.4) is 0 Å². The molecule has 100 valence electrons. The molecule has 0 aromatic heterocycles. The molecule has 0 heterocycles. The molecule has 2 heteroatoms. The number of methoxy groups -OCH3 is 1. The highest BCUT2D eigenvalue weighted by atomic mass is 16.5. The number of benzene rings is 1. The lowest BCUT2D eigenvalue weighted by Crippen LogP contribution is -2.05. The fourth-order valence-corrected chi connectivity index (χ4v) is 2.50. The molecule has 0 amide bonds. The number of carbonyl (C=O) groups is 1. The van der Waals surface area contributed by atoms with Gasteiger partial charge in [0.25, 0.3) is 0 Å². The van der Waals surface area contributed by atoms with Crippen LogP contribution < -0.4 is 4.74 Å². The van der Waals surface area contributed by atoms with Gasteiger partial charge in [0, 0.05) is 5.56 Å². The summed E-state index contributed by atoms with van der Waals surface area (Å²) in [6.45, 7) is 4.00. The lowest BCUT2D eigenvalue weighted by atomic mass is 9.83. The van der Waals surface area contributed by atoms with Crippen molar-refractivity contribution in [3.8, 4) is 5.75 Å². The van der Waals surface area contributed by atoms with Crippen LogP contribution in [0.1, 0.15) is 67.8 Å². The molecule has 0 bridgehead atoms. The monoisotopic (exact) mass is 248 g/mol. The van der Waals surface area contributed by atoms with Crippen molar-refractivity contribution in [1.29, 1.82) is 0 Å². The molecule has 1 fully saturated rings. The maximum atomic E-state index is 10.9. The van der Waals surface area contributed by atoms with Gasteiger partial charge in [0.05, 0.1) is 7.11 Å². The molecule has 0 N–H and O–H groups in total. The van der Waals surface area contributed by atoms with E-state index in [0.29, 0.717) is 5.92 Å². The van der Waals surface area contributed by atoms with Crippen molar-refractivity contribution in [2.45, 2.75) is 51.9 Å². The number of rotatable bonds is 3. The molecule has 0 atom stereocenters. The molecule has 0 radical (unpaired) electrons. The van der Waals surface area contributed by atoms with E-state index in [0.717, 1.165) is 17.6 Å². The molecule has 1 aliphatic rings. The van der Waals surface area contributed by atoms with Crippen molar-refractivity contribution in [1.82, 2.24) is 0 Å². The van der Waals surface area contributed by atoms with E-state index < -0.39 is 0 Å². The Bertz CT molecular complexity index is 365. The zero-order valence-corrected chi connectivity index (χ0v) is 11.7. The molecule has 0 unspecified atom stereocenters. The number of aldehydes is 1. The Morgan fingerprint density at radius 2 is 1.78 bits per heavy atom. The van der Waals surface area contributed by atoms with Gasteiger partial charge in [-0.05, 0) is 42.5 Å². The summed E-state index contributed by atoms with van der Waals surface area (Å²) in [5, 5.41) is 0. The second kappa shape index (κ2) is 7.91. The molecule has 0 aliphatic heterocycles. The highest BCUT2D eigenvalue weighted by Crippen LogP contribution is 2.34. The summed E-state index contributed by atoms with van der Waals surface area (Å²) in [5.74, 6) is 1.41. The van der Waals surface area contributed by atoms with Crippen LogP contribution >= 0.6 is 0 Å². The van der Waals surface area contributed by atoms with Crippen molar-refractivity contribution in [2.75, 3.05) is 7.11 Å². The number of hydrogen-bond donors (Lipinski definition) is 0. The van der Waals surface area contributed by atoms with Gasteiger partial charge in [-0.25, -0.2) is 0 Å². The number of ether oxygens (including phenoxy) is 1. The lowest BCUT2D eigenvalue weighted by Gasteiger charge is -2.22. The van der Waals surface area contributed by atoms with Crippen LogP contribution in [0.4, 0.5) is 0 Å². The number of hydrogen-bond acceptors (Lipinski definition) is 2.